The highest BCUT2D eigenvalue weighted by Gasteiger charge is 2.40. The first-order chi connectivity index (χ1) is 12.9. The van der Waals surface area contributed by atoms with E-state index in [4.69, 9.17) is 0 Å². The standard InChI is InChI=1S/C21H17NO4S/c1-2-22-19(21(24)17-9-5-6-10-18(17)27(22,25)26)20(23)16-12-11-14-7-3-4-8-15(14)13-16/h3-13,23H,2H2,1H3. The Morgan fingerprint density at radius 3 is 2.37 bits per heavy atom. The highest BCUT2D eigenvalue weighted by atomic mass is 32.2. The van der Waals surface area contributed by atoms with Crippen LogP contribution in [0.4, 0.5) is 0 Å². The van der Waals surface area contributed by atoms with E-state index in [-0.39, 0.29) is 28.5 Å². The summed E-state index contributed by atoms with van der Waals surface area (Å²) in [5.74, 6) is -0.849. The Bertz CT molecular complexity index is 1210. The Kier molecular flexibility index (Phi) is 4.00. The number of aliphatic hydroxyl groups excluding tert-OH is 1. The topological polar surface area (TPSA) is 74.7 Å². The van der Waals surface area contributed by atoms with Gasteiger partial charge < -0.3 is 5.11 Å². The Labute approximate surface area is 157 Å². The zero-order chi connectivity index (χ0) is 19.2. The van der Waals surface area contributed by atoms with E-state index in [9.17, 15) is 18.3 Å². The molecule has 0 amide bonds. The summed E-state index contributed by atoms with van der Waals surface area (Å²) in [5, 5.41) is 12.8. The van der Waals surface area contributed by atoms with Crippen molar-refractivity contribution in [2.24, 2.45) is 0 Å². The van der Waals surface area contributed by atoms with E-state index >= 15 is 0 Å². The summed E-state index contributed by atoms with van der Waals surface area (Å²) in [5.41, 5.74) is 0.251. The van der Waals surface area contributed by atoms with Crippen molar-refractivity contribution in [3.8, 4) is 0 Å². The number of fused-ring (bicyclic) bond motifs is 2. The number of allylic oxidation sites excluding steroid dienone is 1. The van der Waals surface area contributed by atoms with Gasteiger partial charge in [0.2, 0.25) is 5.78 Å². The number of Topliss-reactive ketones (excluding diaryl/α,β-unsaturated/α-hetero) is 1. The van der Waals surface area contributed by atoms with Gasteiger partial charge in [0.05, 0.1) is 4.90 Å². The number of rotatable bonds is 2. The second-order valence-electron chi connectivity index (χ2n) is 6.25. The number of nitrogens with zero attached hydrogens (tertiary/aromatic N) is 1. The summed E-state index contributed by atoms with van der Waals surface area (Å²) in [6.07, 6.45) is 0. The molecular weight excluding hydrogens is 362 g/mol. The Hall–Kier alpha value is -3.12. The lowest BCUT2D eigenvalue weighted by atomic mass is 10.0. The molecule has 3 aromatic rings. The first-order valence-electron chi connectivity index (χ1n) is 8.54. The van der Waals surface area contributed by atoms with Gasteiger partial charge in [-0.2, -0.15) is 0 Å². The monoisotopic (exact) mass is 379 g/mol. The van der Waals surface area contributed by atoms with Crippen LogP contribution in [-0.2, 0) is 10.0 Å². The molecule has 0 aromatic heterocycles. The largest absolute Gasteiger partial charge is 0.505 e. The van der Waals surface area contributed by atoms with Crippen LogP contribution in [0.5, 0.6) is 0 Å². The molecule has 0 aliphatic carbocycles. The third-order valence-corrected chi connectivity index (χ3v) is 6.63. The number of hydrogen-bond donors (Lipinski definition) is 1. The van der Waals surface area contributed by atoms with Crippen LogP contribution in [0.15, 0.2) is 77.3 Å². The maximum atomic E-state index is 13.0. The number of likely N-dealkylation sites (N-methyl/N-ethyl adjacent to an activating group) is 1. The molecule has 0 radical (unpaired) electrons. The molecule has 0 saturated heterocycles. The SMILES string of the molecule is CCN1C(=C(O)c2ccc3ccccc3c2)C(=O)c2ccccc2S1(=O)=O. The predicted molar refractivity (Wildman–Crippen MR) is 104 cm³/mol. The summed E-state index contributed by atoms with van der Waals surface area (Å²) in [6, 6.07) is 18.9. The number of ketones is 1. The molecule has 136 valence electrons. The summed E-state index contributed by atoms with van der Waals surface area (Å²) < 4.78 is 26.9. The fourth-order valence-electron chi connectivity index (χ4n) is 3.39. The molecule has 1 aliphatic rings. The Morgan fingerprint density at radius 2 is 1.63 bits per heavy atom. The highest BCUT2D eigenvalue weighted by molar-refractivity contribution is 7.89. The van der Waals surface area contributed by atoms with Crippen LogP contribution >= 0.6 is 0 Å². The van der Waals surface area contributed by atoms with Crippen LogP contribution in [0.25, 0.3) is 16.5 Å². The van der Waals surface area contributed by atoms with Crippen molar-refractivity contribution < 1.29 is 18.3 Å². The molecule has 0 atom stereocenters. The van der Waals surface area contributed by atoms with Gasteiger partial charge in [0.1, 0.15) is 5.70 Å². The van der Waals surface area contributed by atoms with Crippen molar-refractivity contribution in [2.75, 3.05) is 6.54 Å². The summed E-state index contributed by atoms with van der Waals surface area (Å²) in [4.78, 5) is 13.0. The van der Waals surface area contributed by atoms with Crippen LogP contribution in [0.3, 0.4) is 0 Å². The third-order valence-electron chi connectivity index (χ3n) is 4.70. The lowest BCUT2D eigenvalue weighted by Gasteiger charge is -2.30. The van der Waals surface area contributed by atoms with E-state index in [0.717, 1.165) is 15.1 Å². The van der Waals surface area contributed by atoms with Gasteiger partial charge in [-0.15, -0.1) is 0 Å². The fourth-order valence-corrected chi connectivity index (χ4v) is 5.06. The van der Waals surface area contributed by atoms with Crippen LogP contribution in [0, 0.1) is 0 Å². The van der Waals surface area contributed by atoms with Gasteiger partial charge in [-0.3, -0.25) is 9.10 Å². The van der Waals surface area contributed by atoms with Crippen LogP contribution in [0.1, 0.15) is 22.8 Å². The molecule has 0 spiro atoms. The average molecular weight is 379 g/mol. The zero-order valence-electron chi connectivity index (χ0n) is 14.6. The lowest BCUT2D eigenvalue weighted by molar-refractivity contribution is 0.0999. The van der Waals surface area contributed by atoms with Gasteiger partial charge in [0, 0.05) is 17.7 Å². The third kappa shape index (κ3) is 2.61. The fraction of sp³-hybridized carbons (Fsp3) is 0.0952. The Balaban J connectivity index is 1.98. The van der Waals surface area contributed by atoms with Crippen LogP contribution in [0.2, 0.25) is 0 Å². The molecule has 1 aliphatic heterocycles. The van der Waals surface area contributed by atoms with Crippen molar-refractivity contribution in [1.29, 1.82) is 0 Å². The zero-order valence-corrected chi connectivity index (χ0v) is 15.4. The Morgan fingerprint density at radius 1 is 0.963 bits per heavy atom. The quantitative estimate of drug-likeness (QED) is 0.540. The summed E-state index contributed by atoms with van der Waals surface area (Å²) >= 11 is 0. The minimum Gasteiger partial charge on any atom is -0.505 e. The van der Waals surface area contributed by atoms with E-state index in [1.807, 2.05) is 30.3 Å². The van der Waals surface area contributed by atoms with Crippen LogP contribution < -0.4 is 0 Å². The maximum Gasteiger partial charge on any atom is 0.265 e. The summed E-state index contributed by atoms with van der Waals surface area (Å²) in [6.45, 7) is 1.67. The van der Waals surface area contributed by atoms with Gasteiger partial charge in [-0.1, -0.05) is 48.5 Å². The molecule has 0 unspecified atom stereocenters. The van der Waals surface area contributed by atoms with Crippen LogP contribution in [-0.4, -0.2) is 30.2 Å². The number of aliphatic hydroxyl groups is 1. The second kappa shape index (κ2) is 6.25. The molecule has 6 heteroatoms. The second-order valence-corrected chi connectivity index (χ2v) is 8.08. The number of hydrogen-bond acceptors (Lipinski definition) is 4. The van der Waals surface area contributed by atoms with Crippen molar-refractivity contribution in [3.63, 3.8) is 0 Å². The number of benzene rings is 3. The molecule has 0 bridgehead atoms. The highest BCUT2D eigenvalue weighted by Crippen LogP contribution is 2.35. The smallest absolute Gasteiger partial charge is 0.265 e. The van der Waals surface area contributed by atoms with Crippen molar-refractivity contribution in [1.82, 2.24) is 4.31 Å². The molecule has 1 N–H and O–H groups in total. The van der Waals surface area contributed by atoms with E-state index in [2.05, 4.69) is 0 Å². The van der Waals surface area contributed by atoms with Crippen molar-refractivity contribution in [2.45, 2.75) is 11.8 Å². The number of carbonyl (C=O) groups is 1. The van der Waals surface area contributed by atoms with Gasteiger partial charge in [0.25, 0.3) is 10.0 Å². The molecule has 27 heavy (non-hydrogen) atoms. The lowest BCUT2D eigenvalue weighted by Crippen LogP contribution is -2.39. The normalized spacial score (nSPS) is 17.7. The van der Waals surface area contributed by atoms with E-state index in [1.54, 1.807) is 31.2 Å². The number of sulfonamides is 1. The first-order valence-corrected chi connectivity index (χ1v) is 9.98. The minimum absolute atomic E-state index is 0.0353. The minimum atomic E-state index is -3.92. The van der Waals surface area contributed by atoms with Gasteiger partial charge in [-0.25, -0.2) is 8.42 Å². The molecule has 5 nitrogen and oxygen atoms in total. The molecule has 1 heterocycles. The van der Waals surface area contributed by atoms with E-state index < -0.39 is 15.8 Å². The molecule has 3 aromatic carbocycles. The van der Waals surface area contributed by atoms with Crippen molar-refractivity contribution in [3.05, 3.63) is 83.6 Å². The number of carbonyl (C=O) groups excluding carboxylic acids is 1. The first kappa shape index (κ1) is 17.3. The van der Waals surface area contributed by atoms with E-state index in [0.29, 0.717) is 5.56 Å². The molecule has 0 fully saturated rings. The van der Waals surface area contributed by atoms with Crippen molar-refractivity contribution >= 4 is 32.3 Å². The molecule has 0 saturated carbocycles. The maximum absolute atomic E-state index is 13.0. The van der Waals surface area contributed by atoms with E-state index in [1.165, 1.54) is 12.1 Å². The molecular formula is C21H17NO4S. The van der Waals surface area contributed by atoms with Gasteiger partial charge in [-0.05, 0) is 35.9 Å². The molecule has 4 rings (SSSR count). The average Bonchev–Trinajstić information content (AvgIpc) is 2.69. The summed E-state index contributed by atoms with van der Waals surface area (Å²) in [7, 11) is -3.92. The van der Waals surface area contributed by atoms with Gasteiger partial charge >= 0.3 is 0 Å². The predicted octanol–water partition coefficient (Wildman–Crippen LogP) is 3.97. The van der Waals surface area contributed by atoms with Gasteiger partial charge in [0.15, 0.2) is 5.76 Å².